The molecule has 1 aromatic heterocycles. The van der Waals surface area contributed by atoms with Crippen LogP contribution in [0.2, 0.25) is 0 Å². The number of nitrogens with one attached hydrogen (secondary N) is 1. The van der Waals surface area contributed by atoms with Crippen LogP contribution < -0.4 is 10.6 Å². The fourth-order valence-electron chi connectivity index (χ4n) is 1.08. The molecule has 7 heteroatoms. The largest absolute Gasteiger partial charge is 0.389 e. The number of likely N-dealkylation sites (N-methyl/N-ethyl adjacent to an activating group) is 1. The van der Waals surface area contributed by atoms with Crippen molar-refractivity contribution in [1.82, 2.24) is 15.2 Å². The predicted octanol–water partition coefficient (Wildman–Crippen LogP) is -1.17. The van der Waals surface area contributed by atoms with E-state index in [4.69, 9.17) is 10.5 Å². The van der Waals surface area contributed by atoms with Gasteiger partial charge in [-0.05, 0) is 0 Å². The van der Waals surface area contributed by atoms with E-state index in [1.165, 1.54) is 7.11 Å². The van der Waals surface area contributed by atoms with Crippen molar-refractivity contribution in [3.8, 4) is 0 Å². The number of aromatic amines is 1. The molecule has 0 aliphatic carbocycles. The molecule has 1 aromatic rings. The van der Waals surface area contributed by atoms with Crippen LogP contribution in [0.1, 0.15) is 0 Å². The number of hydrogen-bond acceptors (Lipinski definition) is 6. The first-order valence-corrected chi connectivity index (χ1v) is 4.19. The van der Waals surface area contributed by atoms with Crippen molar-refractivity contribution in [2.24, 2.45) is 0 Å². The number of nitrogens with zero attached hydrogens (tertiary/aromatic N) is 3. The fraction of sp³-hybridized carbons (Fsp3) is 0.714. The van der Waals surface area contributed by atoms with Gasteiger partial charge in [0, 0.05) is 20.7 Å². The van der Waals surface area contributed by atoms with Crippen LogP contribution in [0.4, 0.5) is 11.9 Å². The van der Waals surface area contributed by atoms with Crippen LogP contribution >= 0.6 is 0 Å². The number of rotatable bonds is 5. The average molecular weight is 201 g/mol. The van der Waals surface area contributed by atoms with E-state index in [-0.39, 0.29) is 12.6 Å². The summed E-state index contributed by atoms with van der Waals surface area (Å²) in [5, 5.41) is 15.8. The molecular formula is C7H15N5O2. The lowest BCUT2D eigenvalue weighted by atomic mass is 10.3. The SMILES string of the molecule is COCC(O)CN(C)c1n[nH]c(N)n1. The van der Waals surface area contributed by atoms with E-state index in [9.17, 15) is 5.11 Å². The number of aliphatic hydroxyl groups is 1. The van der Waals surface area contributed by atoms with Crippen LogP contribution in [0, 0.1) is 0 Å². The van der Waals surface area contributed by atoms with Crippen molar-refractivity contribution in [1.29, 1.82) is 0 Å². The number of aromatic nitrogens is 3. The number of hydrogen-bond donors (Lipinski definition) is 3. The average Bonchev–Trinajstić information content (AvgIpc) is 2.52. The maximum atomic E-state index is 9.42. The molecule has 0 amide bonds. The van der Waals surface area contributed by atoms with Gasteiger partial charge in [0.2, 0.25) is 11.9 Å². The van der Waals surface area contributed by atoms with Gasteiger partial charge >= 0.3 is 0 Å². The minimum absolute atomic E-state index is 0.257. The smallest absolute Gasteiger partial charge is 0.246 e. The second-order valence-electron chi connectivity index (χ2n) is 3.01. The van der Waals surface area contributed by atoms with Crippen molar-refractivity contribution in [2.75, 3.05) is 37.9 Å². The van der Waals surface area contributed by atoms with Crippen molar-refractivity contribution in [3.63, 3.8) is 0 Å². The molecule has 80 valence electrons. The Morgan fingerprint density at radius 1 is 1.71 bits per heavy atom. The molecule has 1 atom stereocenters. The minimum Gasteiger partial charge on any atom is -0.389 e. The number of aliphatic hydroxyl groups excluding tert-OH is 1. The van der Waals surface area contributed by atoms with Gasteiger partial charge in [-0.2, -0.15) is 4.98 Å². The van der Waals surface area contributed by atoms with E-state index in [1.807, 2.05) is 0 Å². The first-order valence-electron chi connectivity index (χ1n) is 4.19. The highest BCUT2D eigenvalue weighted by molar-refractivity contribution is 5.32. The van der Waals surface area contributed by atoms with E-state index in [0.717, 1.165) is 0 Å². The summed E-state index contributed by atoms with van der Waals surface area (Å²) in [6.07, 6.45) is -0.565. The Bertz CT molecular complexity index is 277. The zero-order chi connectivity index (χ0) is 10.6. The van der Waals surface area contributed by atoms with E-state index in [1.54, 1.807) is 11.9 Å². The van der Waals surface area contributed by atoms with E-state index >= 15 is 0 Å². The summed E-state index contributed by atoms with van der Waals surface area (Å²) < 4.78 is 4.80. The predicted molar refractivity (Wildman–Crippen MR) is 51.9 cm³/mol. The quantitative estimate of drug-likeness (QED) is 0.555. The Morgan fingerprint density at radius 3 is 2.93 bits per heavy atom. The Hall–Kier alpha value is -1.34. The van der Waals surface area contributed by atoms with Crippen molar-refractivity contribution in [3.05, 3.63) is 0 Å². The van der Waals surface area contributed by atoms with Gasteiger partial charge in [0.15, 0.2) is 0 Å². The molecule has 14 heavy (non-hydrogen) atoms. The number of nitrogen functional groups attached to an aromatic ring is 1. The van der Waals surface area contributed by atoms with Crippen LogP contribution in [0.25, 0.3) is 0 Å². The van der Waals surface area contributed by atoms with Gasteiger partial charge in [0.05, 0.1) is 12.7 Å². The first-order chi connectivity index (χ1) is 6.63. The third-order valence-electron chi connectivity index (χ3n) is 1.68. The van der Waals surface area contributed by atoms with Crippen molar-refractivity contribution >= 4 is 11.9 Å². The molecule has 4 N–H and O–H groups in total. The van der Waals surface area contributed by atoms with Gasteiger partial charge in [-0.25, -0.2) is 5.10 Å². The molecule has 0 bridgehead atoms. The van der Waals surface area contributed by atoms with Crippen LogP contribution in [-0.2, 0) is 4.74 Å². The van der Waals surface area contributed by atoms with E-state index < -0.39 is 6.10 Å². The lowest BCUT2D eigenvalue weighted by Gasteiger charge is -2.18. The molecule has 0 radical (unpaired) electrons. The number of anilines is 2. The van der Waals surface area contributed by atoms with Crippen LogP contribution in [0.3, 0.4) is 0 Å². The van der Waals surface area contributed by atoms with Gasteiger partial charge in [-0.1, -0.05) is 0 Å². The number of nitrogens with two attached hydrogens (primary N) is 1. The summed E-state index contributed by atoms with van der Waals surface area (Å²) in [7, 11) is 3.30. The monoisotopic (exact) mass is 201 g/mol. The molecule has 0 saturated carbocycles. The molecule has 0 fully saturated rings. The zero-order valence-electron chi connectivity index (χ0n) is 8.27. The Balaban J connectivity index is 2.45. The molecule has 1 rings (SSSR count). The van der Waals surface area contributed by atoms with Crippen molar-refractivity contribution in [2.45, 2.75) is 6.10 Å². The third kappa shape index (κ3) is 2.86. The summed E-state index contributed by atoms with van der Waals surface area (Å²) in [4.78, 5) is 5.60. The molecule has 1 heterocycles. The van der Waals surface area contributed by atoms with E-state index in [2.05, 4.69) is 15.2 Å². The molecular weight excluding hydrogens is 186 g/mol. The lowest BCUT2D eigenvalue weighted by molar-refractivity contribution is 0.0693. The van der Waals surface area contributed by atoms with Gasteiger partial charge < -0.3 is 20.5 Å². The summed E-state index contributed by atoms with van der Waals surface area (Å²) >= 11 is 0. The second kappa shape index (κ2) is 4.77. The van der Waals surface area contributed by atoms with Crippen molar-refractivity contribution < 1.29 is 9.84 Å². The number of ether oxygens (including phenoxy) is 1. The van der Waals surface area contributed by atoms with Gasteiger partial charge in [0.25, 0.3) is 0 Å². The second-order valence-corrected chi connectivity index (χ2v) is 3.01. The highest BCUT2D eigenvalue weighted by atomic mass is 16.5. The number of methoxy groups -OCH3 is 1. The van der Waals surface area contributed by atoms with E-state index in [0.29, 0.717) is 12.5 Å². The standard InChI is InChI=1S/C7H15N5O2/c1-12(3-5(13)4-14-2)7-9-6(8)10-11-7/h5,13H,3-4H2,1-2H3,(H3,8,9,10,11). The molecule has 0 aliphatic heterocycles. The Morgan fingerprint density at radius 2 is 2.43 bits per heavy atom. The molecule has 0 aliphatic rings. The molecule has 7 nitrogen and oxygen atoms in total. The topological polar surface area (TPSA) is 100 Å². The first kappa shape index (κ1) is 10.7. The summed E-state index contributed by atoms with van der Waals surface area (Å²) in [6, 6.07) is 0. The molecule has 1 unspecified atom stereocenters. The highest BCUT2D eigenvalue weighted by Crippen LogP contribution is 2.05. The van der Waals surface area contributed by atoms with Gasteiger partial charge in [-0.3, -0.25) is 0 Å². The summed E-state index contributed by atoms with van der Waals surface area (Å²) in [6.45, 7) is 0.676. The highest BCUT2D eigenvalue weighted by Gasteiger charge is 2.11. The van der Waals surface area contributed by atoms with Crippen LogP contribution in [-0.4, -0.2) is 53.7 Å². The Kier molecular flexibility index (Phi) is 3.66. The van der Waals surface area contributed by atoms with Crippen LogP contribution in [0.5, 0.6) is 0 Å². The minimum atomic E-state index is -0.565. The fourth-order valence-corrected chi connectivity index (χ4v) is 1.08. The molecule has 0 aromatic carbocycles. The van der Waals surface area contributed by atoms with Gasteiger partial charge in [0.1, 0.15) is 0 Å². The number of H-pyrrole nitrogens is 1. The Labute approximate surface area is 81.9 Å². The summed E-state index contributed by atoms with van der Waals surface area (Å²) in [5.74, 6) is 0.714. The van der Waals surface area contributed by atoms with Gasteiger partial charge in [-0.15, -0.1) is 5.10 Å². The summed E-state index contributed by atoms with van der Waals surface area (Å²) in [5.41, 5.74) is 5.36. The molecule has 0 saturated heterocycles. The third-order valence-corrected chi connectivity index (χ3v) is 1.68. The maximum Gasteiger partial charge on any atom is 0.246 e. The zero-order valence-corrected chi connectivity index (χ0v) is 8.27. The maximum absolute atomic E-state index is 9.42. The molecule has 0 spiro atoms. The van der Waals surface area contributed by atoms with Crippen LogP contribution in [0.15, 0.2) is 0 Å². The normalized spacial score (nSPS) is 12.8. The lowest BCUT2D eigenvalue weighted by Crippen LogP contribution is -2.32.